The lowest BCUT2D eigenvalue weighted by molar-refractivity contribution is 0.0915. The number of nitrogens with one attached hydrogen (secondary N) is 1. The van der Waals surface area contributed by atoms with Crippen molar-refractivity contribution in [3.8, 4) is 5.75 Å². The van der Waals surface area contributed by atoms with E-state index in [1.165, 1.54) is 0 Å². The number of benzene rings is 1. The average molecular weight is 213 g/mol. The molecule has 1 heterocycles. The third kappa shape index (κ3) is 1.94. The minimum absolute atomic E-state index is 0.310. The zero-order chi connectivity index (χ0) is 11.1. The SMILES string of the molecule is [B]C1(Oc2cc(F)cc(F)c2F)CNC1. The van der Waals surface area contributed by atoms with Gasteiger partial charge in [-0.2, -0.15) is 4.39 Å². The van der Waals surface area contributed by atoms with E-state index >= 15 is 0 Å². The first-order chi connectivity index (χ1) is 7.00. The summed E-state index contributed by atoms with van der Waals surface area (Å²) in [5.41, 5.74) is -1.08. The highest BCUT2D eigenvalue weighted by molar-refractivity contribution is 6.15. The molecule has 15 heavy (non-hydrogen) atoms. The van der Waals surface area contributed by atoms with Gasteiger partial charge in [0.25, 0.3) is 0 Å². The van der Waals surface area contributed by atoms with Crippen LogP contribution in [-0.2, 0) is 0 Å². The normalized spacial score (nSPS) is 18.3. The van der Waals surface area contributed by atoms with Crippen LogP contribution in [0.4, 0.5) is 13.2 Å². The Kier molecular flexibility index (Phi) is 2.38. The molecule has 2 radical (unpaired) electrons. The number of hydrogen-bond acceptors (Lipinski definition) is 2. The molecule has 6 heteroatoms. The summed E-state index contributed by atoms with van der Waals surface area (Å²) in [7, 11) is 5.61. The molecule has 1 fully saturated rings. The highest BCUT2D eigenvalue weighted by Crippen LogP contribution is 2.25. The Bertz CT molecular complexity index is 395. The van der Waals surface area contributed by atoms with Crippen molar-refractivity contribution in [2.24, 2.45) is 0 Å². The highest BCUT2D eigenvalue weighted by atomic mass is 19.2. The van der Waals surface area contributed by atoms with Crippen LogP contribution >= 0.6 is 0 Å². The molecular weight excluding hydrogens is 206 g/mol. The zero-order valence-corrected chi connectivity index (χ0v) is 7.69. The second kappa shape index (κ2) is 3.45. The second-order valence-electron chi connectivity index (χ2n) is 3.47. The summed E-state index contributed by atoms with van der Waals surface area (Å²) in [6.07, 6.45) is 0. The highest BCUT2D eigenvalue weighted by Gasteiger charge is 2.34. The van der Waals surface area contributed by atoms with Crippen LogP contribution < -0.4 is 10.1 Å². The van der Waals surface area contributed by atoms with Crippen molar-refractivity contribution in [3.63, 3.8) is 0 Å². The summed E-state index contributed by atoms with van der Waals surface area (Å²) in [5, 5.41) is 2.81. The van der Waals surface area contributed by atoms with Crippen LogP contribution in [0.5, 0.6) is 5.75 Å². The first-order valence-corrected chi connectivity index (χ1v) is 4.33. The maximum atomic E-state index is 13.1. The van der Waals surface area contributed by atoms with Crippen molar-refractivity contribution in [2.45, 2.75) is 5.50 Å². The number of rotatable bonds is 2. The Labute approximate surface area is 85.8 Å². The van der Waals surface area contributed by atoms with Crippen LogP contribution in [0.25, 0.3) is 0 Å². The fourth-order valence-electron chi connectivity index (χ4n) is 1.27. The van der Waals surface area contributed by atoms with Gasteiger partial charge in [-0.05, 0) is 0 Å². The van der Waals surface area contributed by atoms with Gasteiger partial charge in [0.2, 0.25) is 5.82 Å². The van der Waals surface area contributed by atoms with E-state index in [-0.39, 0.29) is 0 Å². The van der Waals surface area contributed by atoms with Crippen LogP contribution in [-0.4, -0.2) is 26.4 Å². The fourth-order valence-corrected chi connectivity index (χ4v) is 1.27. The largest absolute Gasteiger partial charge is 0.492 e. The Balaban J connectivity index is 2.27. The van der Waals surface area contributed by atoms with Crippen molar-refractivity contribution >= 4 is 7.85 Å². The summed E-state index contributed by atoms with van der Waals surface area (Å²) in [4.78, 5) is 0. The molecule has 2 rings (SSSR count). The predicted octanol–water partition coefficient (Wildman–Crippen LogP) is 0.951. The Hall–Kier alpha value is -1.17. The minimum atomic E-state index is -1.29. The smallest absolute Gasteiger partial charge is 0.200 e. The lowest BCUT2D eigenvalue weighted by atomic mass is 9.76. The third-order valence-electron chi connectivity index (χ3n) is 2.12. The van der Waals surface area contributed by atoms with Crippen molar-refractivity contribution in [3.05, 3.63) is 29.6 Å². The van der Waals surface area contributed by atoms with E-state index < -0.39 is 28.7 Å². The van der Waals surface area contributed by atoms with Gasteiger partial charge in [-0.15, -0.1) is 0 Å². The van der Waals surface area contributed by atoms with E-state index in [1.54, 1.807) is 0 Å². The van der Waals surface area contributed by atoms with Crippen molar-refractivity contribution < 1.29 is 17.9 Å². The second-order valence-corrected chi connectivity index (χ2v) is 3.47. The molecule has 1 N–H and O–H groups in total. The molecule has 1 saturated heterocycles. The molecule has 0 aliphatic carbocycles. The van der Waals surface area contributed by atoms with Gasteiger partial charge in [-0.25, -0.2) is 8.78 Å². The Morgan fingerprint density at radius 1 is 1.27 bits per heavy atom. The van der Waals surface area contributed by atoms with Gasteiger partial charge in [0.1, 0.15) is 13.7 Å². The van der Waals surface area contributed by atoms with E-state index in [4.69, 9.17) is 12.6 Å². The van der Waals surface area contributed by atoms with E-state index in [9.17, 15) is 13.2 Å². The standard InChI is InChI=1S/C9H7BF3NO/c10-9(3-14-4-9)15-7-2-5(11)1-6(12)8(7)13/h1-2,14H,3-4H2. The first kappa shape index (κ1) is 10.4. The van der Waals surface area contributed by atoms with Gasteiger partial charge in [0, 0.05) is 25.2 Å². The van der Waals surface area contributed by atoms with Gasteiger partial charge in [-0.1, -0.05) is 0 Å². The predicted molar refractivity (Wildman–Crippen MR) is 48.3 cm³/mol. The number of ether oxygens (including phenoxy) is 1. The maximum absolute atomic E-state index is 13.1. The van der Waals surface area contributed by atoms with Crippen LogP contribution in [0.15, 0.2) is 12.1 Å². The summed E-state index contributed by atoms with van der Waals surface area (Å²) < 4.78 is 43.7. The first-order valence-electron chi connectivity index (χ1n) is 4.33. The van der Waals surface area contributed by atoms with Gasteiger partial charge in [0.05, 0.1) is 5.50 Å². The molecule has 0 bridgehead atoms. The van der Waals surface area contributed by atoms with Crippen LogP contribution in [0.3, 0.4) is 0 Å². The minimum Gasteiger partial charge on any atom is -0.492 e. The van der Waals surface area contributed by atoms with E-state index in [0.29, 0.717) is 19.2 Å². The van der Waals surface area contributed by atoms with Crippen LogP contribution in [0.2, 0.25) is 0 Å². The molecule has 0 spiro atoms. The Morgan fingerprint density at radius 3 is 2.47 bits per heavy atom. The van der Waals surface area contributed by atoms with E-state index in [2.05, 4.69) is 5.32 Å². The van der Waals surface area contributed by atoms with Gasteiger partial charge >= 0.3 is 0 Å². The van der Waals surface area contributed by atoms with Crippen molar-refractivity contribution in [1.29, 1.82) is 0 Å². The molecule has 0 unspecified atom stereocenters. The lowest BCUT2D eigenvalue weighted by Crippen LogP contribution is -2.63. The van der Waals surface area contributed by atoms with Crippen molar-refractivity contribution in [1.82, 2.24) is 5.32 Å². The molecule has 1 aromatic carbocycles. The zero-order valence-electron chi connectivity index (χ0n) is 7.69. The molecule has 1 aliphatic rings. The number of hydrogen-bond donors (Lipinski definition) is 1. The Morgan fingerprint density at radius 2 is 1.93 bits per heavy atom. The van der Waals surface area contributed by atoms with E-state index in [0.717, 1.165) is 6.07 Å². The fraction of sp³-hybridized carbons (Fsp3) is 0.333. The topological polar surface area (TPSA) is 21.3 Å². The summed E-state index contributed by atoms with van der Waals surface area (Å²) in [5.74, 6) is -3.93. The molecule has 0 atom stereocenters. The van der Waals surface area contributed by atoms with Gasteiger partial charge < -0.3 is 10.1 Å². The molecule has 0 aromatic heterocycles. The molecule has 2 nitrogen and oxygen atoms in total. The van der Waals surface area contributed by atoms with E-state index in [1.807, 2.05) is 0 Å². The van der Waals surface area contributed by atoms with Crippen LogP contribution in [0, 0.1) is 17.5 Å². The lowest BCUT2D eigenvalue weighted by Gasteiger charge is -2.40. The molecule has 1 aliphatic heterocycles. The quantitative estimate of drug-likeness (QED) is 0.583. The van der Waals surface area contributed by atoms with Gasteiger partial charge in [-0.3, -0.25) is 0 Å². The molecule has 0 amide bonds. The van der Waals surface area contributed by atoms with Crippen molar-refractivity contribution in [2.75, 3.05) is 13.1 Å². The summed E-state index contributed by atoms with van der Waals surface area (Å²) in [6, 6.07) is 1.22. The van der Waals surface area contributed by atoms with Gasteiger partial charge in [0.15, 0.2) is 11.6 Å². The monoisotopic (exact) mass is 213 g/mol. The molecule has 0 saturated carbocycles. The van der Waals surface area contributed by atoms with Crippen LogP contribution in [0.1, 0.15) is 0 Å². The average Bonchev–Trinajstić information content (AvgIpc) is 2.11. The molecule has 1 aromatic rings. The molecule has 78 valence electrons. The maximum Gasteiger partial charge on any atom is 0.200 e. The summed E-state index contributed by atoms with van der Waals surface area (Å²) in [6.45, 7) is 0.620. The molecular formula is C9H7BF3NO. The third-order valence-corrected chi connectivity index (χ3v) is 2.12. The summed E-state index contributed by atoms with van der Waals surface area (Å²) >= 11 is 0. The number of halogens is 3.